The number of nitrogens with one attached hydrogen (secondary N) is 1. The lowest BCUT2D eigenvalue weighted by atomic mass is 9.98. The molecule has 8 nitrogen and oxygen atoms in total. The highest BCUT2D eigenvalue weighted by Gasteiger charge is 2.36. The van der Waals surface area contributed by atoms with Crippen molar-refractivity contribution in [3.05, 3.63) is 39.9 Å². The van der Waals surface area contributed by atoms with Crippen molar-refractivity contribution in [3.63, 3.8) is 0 Å². The average molecular weight is 466 g/mol. The van der Waals surface area contributed by atoms with E-state index in [1.807, 2.05) is 34.6 Å². The van der Waals surface area contributed by atoms with E-state index >= 15 is 0 Å². The van der Waals surface area contributed by atoms with Crippen LogP contribution in [0.3, 0.4) is 0 Å². The molecular weight excluding hydrogens is 438 g/mol. The minimum atomic E-state index is -0.827. The summed E-state index contributed by atoms with van der Waals surface area (Å²) >= 11 is 6.80. The second-order valence-corrected chi connectivity index (χ2v) is 9.88. The summed E-state index contributed by atoms with van der Waals surface area (Å²) in [6, 6.07) is 5.76. The molecule has 0 unspecified atom stereocenters. The molecular formula is C21H28ClN5O3S. The molecule has 0 saturated heterocycles. The minimum Gasteiger partial charge on any atom is -0.395 e. The van der Waals surface area contributed by atoms with Crippen LogP contribution in [-0.2, 0) is 4.79 Å². The second kappa shape index (κ2) is 9.65. The molecule has 0 bridgehead atoms. The smallest absolute Gasteiger partial charge is 0.272 e. The van der Waals surface area contributed by atoms with Gasteiger partial charge < -0.3 is 16.8 Å². The van der Waals surface area contributed by atoms with Crippen LogP contribution in [0.1, 0.15) is 61.2 Å². The number of anilines is 2. The first-order chi connectivity index (χ1) is 14.3. The molecule has 0 spiro atoms. The predicted octanol–water partition coefficient (Wildman–Crippen LogP) is 3.45. The molecule has 1 heterocycles. The fourth-order valence-electron chi connectivity index (χ4n) is 3.01. The third kappa shape index (κ3) is 6.18. The number of rotatable bonds is 7. The van der Waals surface area contributed by atoms with Gasteiger partial charge in [0.1, 0.15) is 10.9 Å². The van der Waals surface area contributed by atoms with Crippen molar-refractivity contribution in [1.29, 1.82) is 0 Å². The molecule has 1 aromatic carbocycles. The van der Waals surface area contributed by atoms with Gasteiger partial charge in [0.15, 0.2) is 5.69 Å². The van der Waals surface area contributed by atoms with E-state index in [0.717, 1.165) is 11.5 Å². The standard InChI is InChI=1S/C21H28ClN5O3S/c1-11(2)10-14(19(29)25-21(3,4)5)27(13-8-6-12(22)7-9-13)20(30)17-15(23)16(18(24)28)26-31-17/h6-9,11,14H,10,23H2,1-5H3,(H2,24,28)(H,25,29)/t14-/m1/s1. The molecule has 0 aliphatic heterocycles. The minimum absolute atomic E-state index is 0.0427. The molecule has 0 fully saturated rings. The van der Waals surface area contributed by atoms with Gasteiger partial charge in [0, 0.05) is 16.2 Å². The monoisotopic (exact) mass is 465 g/mol. The van der Waals surface area contributed by atoms with Gasteiger partial charge in [0.25, 0.3) is 11.8 Å². The third-order valence-corrected chi connectivity index (χ3v) is 5.39. The molecule has 2 rings (SSSR count). The zero-order valence-corrected chi connectivity index (χ0v) is 19.8. The number of nitrogens with two attached hydrogens (primary N) is 2. The van der Waals surface area contributed by atoms with E-state index < -0.39 is 23.4 Å². The van der Waals surface area contributed by atoms with Gasteiger partial charge in [-0.05, 0) is 68.9 Å². The Hall–Kier alpha value is -2.65. The van der Waals surface area contributed by atoms with Gasteiger partial charge >= 0.3 is 0 Å². The van der Waals surface area contributed by atoms with Gasteiger partial charge in [-0.25, -0.2) is 0 Å². The van der Waals surface area contributed by atoms with Crippen molar-refractivity contribution in [3.8, 4) is 0 Å². The lowest BCUT2D eigenvalue weighted by molar-refractivity contribution is -0.124. The Kier molecular flexibility index (Phi) is 7.67. The zero-order chi connectivity index (χ0) is 23.5. The lowest BCUT2D eigenvalue weighted by Crippen LogP contribution is -2.54. The number of carbonyl (C=O) groups is 3. The summed E-state index contributed by atoms with van der Waals surface area (Å²) in [7, 11) is 0. The fourth-order valence-corrected chi connectivity index (χ4v) is 3.88. The van der Waals surface area contributed by atoms with E-state index in [1.165, 1.54) is 4.90 Å². The van der Waals surface area contributed by atoms with Crippen molar-refractivity contribution in [2.45, 2.75) is 52.6 Å². The van der Waals surface area contributed by atoms with Crippen LogP contribution in [0.4, 0.5) is 11.4 Å². The van der Waals surface area contributed by atoms with E-state index in [0.29, 0.717) is 17.1 Å². The van der Waals surface area contributed by atoms with Crippen LogP contribution >= 0.6 is 23.1 Å². The number of hydrogen-bond acceptors (Lipinski definition) is 6. The van der Waals surface area contributed by atoms with Gasteiger partial charge in [-0.15, -0.1) is 0 Å². The molecule has 0 aliphatic carbocycles. The van der Waals surface area contributed by atoms with Crippen LogP contribution in [0.5, 0.6) is 0 Å². The Labute approximate surface area is 191 Å². The lowest BCUT2D eigenvalue weighted by Gasteiger charge is -2.34. The Morgan fingerprint density at radius 2 is 1.77 bits per heavy atom. The van der Waals surface area contributed by atoms with Crippen molar-refractivity contribution < 1.29 is 14.4 Å². The van der Waals surface area contributed by atoms with Crippen LogP contribution in [0, 0.1) is 5.92 Å². The number of amides is 3. The molecule has 10 heteroatoms. The van der Waals surface area contributed by atoms with Gasteiger partial charge in [-0.2, -0.15) is 4.37 Å². The van der Waals surface area contributed by atoms with Crippen molar-refractivity contribution in [2.24, 2.45) is 11.7 Å². The molecule has 0 saturated carbocycles. The quantitative estimate of drug-likeness (QED) is 0.576. The highest BCUT2D eigenvalue weighted by molar-refractivity contribution is 7.09. The average Bonchev–Trinajstić information content (AvgIpc) is 3.02. The first kappa shape index (κ1) is 24.6. The van der Waals surface area contributed by atoms with E-state index in [1.54, 1.807) is 24.3 Å². The number of primary amides is 1. The summed E-state index contributed by atoms with van der Waals surface area (Å²) in [5.41, 5.74) is 11.0. The molecule has 2 aromatic rings. The number of halogens is 1. The van der Waals surface area contributed by atoms with Gasteiger partial charge in [0.2, 0.25) is 5.91 Å². The maximum absolute atomic E-state index is 13.6. The summed E-state index contributed by atoms with van der Waals surface area (Å²) in [6.45, 7) is 9.53. The van der Waals surface area contributed by atoms with E-state index in [-0.39, 0.29) is 28.1 Å². The van der Waals surface area contributed by atoms with Crippen LogP contribution in [0.15, 0.2) is 24.3 Å². The van der Waals surface area contributed by atoms with Crippen molar-refractivity contribution >= 4 is 52.2 Å². The van der Waals surface area contributed by atoms with Gasteiger partial charge in [-0.3, -0.25) is 19.3 Å². The van der Waals surface area contributed by atoms with E-state index in [2.05, 4.69) is 9.69 Å². The summed E-state index contributed by atoms with van der Waals surface area (Å²) < 4.78 is 3.92. The highest BCUT2D eigenvalue weighted by atomic mass is 35.5. The Balaban J connectivity index is 2.61. The number of hydrogen-bond donors (Lipinski definition) is 3. The zero-order valence-electron chi connectivity index (χ0n) is 18.2. The Bertz CT molecular complexity index is 966. The molecule has 0 radical (unpaired) electrons. The predicted molar refractivity (Wildman–Crippen MR) is 124 cm³/mol. The molecule has 31 heavy (non-hydrogen) atoms. The largest absolute Gasteiger partial charge is 0.395 e. The van der Waals surface area contributed by atoms with E-state index in [4.69, 9.17) is 23.1 Å². The molecule has 168 valence electrons. The number of nitrogen functional groups attached to an aromatic ring is 1. The van der Waals surface area contributed by atoms with Crippen molar-refractivity contribution in [1.82, 2.24) is 9.69 Å². The molecule has 3 amide bonds. The van der Waals surface area contributed by atoms with Gasteiger partial charge in [-0.1, -0.05) is 25.4 Å². The van der Waals surface area contributed by atoms with Crippen LogP contribution < -0.4 is 21.7 Å². The summed E-state index contributed by atoms with van der Waals surface area (Å²) in [4.78, 5) is 39.9. The first-order valence-corrected chi connectivity index (χ1v) is 10.9. The molecule has 5 N–H and O–H groups in total. The van der Waals surface area contributed by atoms with Crippen LogP contribution in [0.2, 0.25) is 5.02 Å². The fraction of sp³-hybridized carbons (Fsp3) is 0.429. The van der Waals surface area contributed by atoms with E-state index in [9.17, 15) is 14.4 Å². The number of aromatic nitrogens is 1. The Morgan fingerprint density at radius 1 is 1.19 bits per heavy atom. The van der Waals surface area contributed by atoms with Crippen LogP contribution in [-0.4, -0.2) is 33.7 Å². The van der Waals surface area contributed by atoms with Gasteiger partial charge in [0.05, 0.1) is 5.69 Å². The maximum Gasteiger partial charge on any atom is 0.272 e. The second-order valence-electron chi connectivity index (χ2n) is 8.67. The highest BCUT2D eigenvalue weighted by Crippen LogP contribution is 2.30. The number of nitrogens with zero attached hydrogens (tertiary/aromatic N) is 2. The normalized spacial score (nSPS) is 12.5. The summed E-state index contributed by atoms with van der Waals surface area (Å²) in [5.74, 6) is -1.56. The topological polar surface area (TPSA) is 131 Å². The maximum atomic E-state index is 13.6. The number of carbonyl (C=O) groups excluding carboxylic acids is 3. The third-order valence-electron chi connectivity index (χ3n) is 4.29. The molecule has 1 atom stereocenters. The SMILES string of the molecule is CC(C)C[C@H](C(=O)NC(C)(C)C)N(C(=O)c1snc(C(N)=O)c1N)c1ccc(Cl)cc1. The Morgan fingerprint density at radius 3 is 2.23 bits per heavy atom. The summed E-state index contributed by atoms with van der Waals surface area (Å²) in [6.07, 6.45) is 0.400. The van der Waals surface area contributed by atoms with Crippen molar-refractivity contribution in [2.75, 3.05) is 10.6 Å². The molecule has 0 aliphatic rings. The van der Waals surface area contributed by atoms with Crippen LogP contribution in [0.25, 0.3) is 0 Å². The number of benzene rings is 1. The molecule has 1 aromatic heterocycles. The summed E-state index contributed by atoms with van der Waals surface area (Å²) in [5, 5.41) is 3.44. The first-order valence-electron chi connectivity index (χ1n) is 9.78.